The average Bonchev–Trinajstić information content (AvgIpc) is 3.03. The van der Waals surface area contributed by atoms with Crippen LogP contribution in [0, 0.1) is 17.8 Å². The van der Waals surface area contributed by atoms with Gasteiger partial charge in [0.05, 0.1) is 10.7 Å². The Morgan fingerprint density at radius 1 is 1.19 bits per heavy atom. The first-order chi connectivity index (χ1) is 12.6. The third kappa shape index (κ3) is 4.19. The quantitative estimate of drug-likeness (QED) is 0.455. The van der Waals surface area contributed by atoms with Crippen LogP contribution in [0.5, 0.6) is 0 Å². The zero-order valence-corrected chi connectivity index (χ0v) is 15.3. The summed E-state index contributed by atoms with van der Waals surface area (Å²) < 4.78 is 5.14. The number of esters is 1. The molecule has 1 heterocycles. The number of carbonyl (C=O) groups excluding carboxylic acids is 2. The molecule has 2 aromatic carbocycles. The van der Waals surface area contributed by atoms with Crippen LogP contribution in [0.15, 0.2) is 48.5 Å². The summed E-state index contributed by atoms with van der Waals surface area (Å²) in [5, 5.41) is 0.880. The number of anilines is 1. The molecule has 0 aliphatic carbocycles. The number of carbonyl (C=O) groups is 2. The molecule has 0 unspecified atom stereocenters. The fraction of sp³-hybridized carbons (Fsp3) is 0.200. The van der Waals surface area contributed by atoms with Crippen LogP contribution in [-0.2, 0) is 14.3 Å². The molecule has 2 aromatic rings. The maximum absolute atomic E-state index is 12.6. The zero-order chi connectivity index (χ0) is 18.5. The summed E-state index contributed by atoms with van der Waals surface area (Å²) >= 11 is 12.1. The van der Waals surface area contributed by atoms with Crippen LogP contribution in [0.3, 0.4) is 0 Å². The second kappa shape index (κ2) is 8.27. The van der Waals surface area contributed by atoms with Crippen molar-refractivity contribution in [1.29, 1.82) is 0 Å². The van der Waals surface area contributed by atoms with Gasteiger partial charge in [-0.1, -0.05) is 53.2 Å². The highest BCUT2D eigenvalue weighted by Gasteiger charge is 2.39. The van der Waals surface area contributed by atoms with Gasteiger partial charge in [-0.15, -0.1) is 0 Å². The number of ether oxygens (including phenoxy) is 1. The highest BCUT2D eigenvalue weighted by Crippen LogP contribution is 2.33. The zero-order valence-electron chi connectivity index (χ0n) is 13.7. The number of amides is 1. The van der Waals surface area contributed by atoms with E-state index in [4.69, 9.17) is 27.9 Å². The summed E-state index contributed by atoms with van der Waals surface area (Å²) in [6, 6.07) is 14.3. The Labute approximate surface area is 161 Å². The van der Waals surface area contributed by atoms with Gasteiger partial charge in [0, 0.05) is 17.1 Å². The molecule has 0 N–H and O–H groups in total. The van der Waals surface area contributed by atoms with Crippen LogP contribution in [0.1, 0.15) is 12.0 Å². The van der Waals surface area contributed by atoms with Gasteiger partial charge in [0.25, 0.3) is 0 Å². The van der Waals surface area contributed by atoms with E-state index in [1.165, 1.54) is 4.90 Å². The van der Waals surface area contributed by atoms with Gasteiger partial charge in [0.1, 0.15) is 5.92 Å². The van der Waals surface area contributed by atoms with E-state index in [-0.39, 0.29) is 12.5 Å². The van der Waals surface area contributed by atoms with E-state index in [9.17, 15) is 9.59 Å². The molecule has 3 rings (SSSR count). The van der Waals surface area contributed by atoms with Crippen LogP contribution >= 0.6 is 23.2 Å². The monoisotopic (exact) mass is 387 g/mol. The molecule has 0 radical (unpaired) electrons. The maximum Gasteiger partial charge on any atom is 0.319 e. The van der Waals surface area contributed by atoms with Crippen LogP contribution < -0.4 is 4.90 Å². The lowest BCUT2D eigenvalue weighted by Gasteiger charge is -2.18. The molecule has 1 aliphatic heterocycles. The minimum atomic E-state index is -0.844. The molecular formula is C20H15Cl2NO3. The van der Waals surface area contributed by atoms with E-state index in [0.29, 0.717) is 28.7 Å². The van der Waals surface area contributed by atoms with Crippen LogP contribution in [0.4, 0.5) is 5.69 Å². The summed E-state index contributed by atoms with van der Waals surface area (Å²) in [6.45, 7) is 0.323. The molecule has 1 aliphatic rings. The summed E-state index contributed by atoms with van der Waals surface area (Å²) in [6.07, 6.45) is 0.368. The minimum absolute atomic E-state index is 0.0601. The summed E-state index contributed by atoms with van der Waals surface area (Å²) in [4.78, 5) is 26.2. The Bertz CT molecular complexity index is 887. The van der Waals surface area contributed by atoms with Crippen molar-refractivity contribution in [2.24, 2.45) is 5.92 Å². The second-order valence-electron chi connectivity index (χ2n) is 5.70. The lowest BCUT2D eigenvalue weighted by molar-refractivity contribution is -0.149. The molecule has 4 nitrogen and oxygen atoms in total. The highest BCUT2D eigenvalue weighted by atomic mass is 35.5. The fourth-order valence-electron chi connectivity index (χ4n) is 2.70. The molecule has 0 bridgehead atoms. The fourth-order valence-corrected chi connectivity index (χ4v) is 3.08. The van der Waals surface area contributed by atoms with E-state index in [2.05, 4.69) is 11.8 Å². The van der Waals surface area contributed by atoms with Crippen LogP contribution in [0.25, 0.3) is 0 Å². The average molecular weight is 388 g/mol. The van der Waals surface area contributed by atoms with Gasteiger partial charge < -0.3 is 9.64 Å². The number of benzene rings is 2. The van der Waals surface area contributed by atoms with Crippen molar-refractivity contribution >= 4 is 40.8 Å². The van der Waals surface area contributed by atoms with Crippen molar-refractivity contribution in [3.63, 3.8) is 0 Å². The summed E-state index contributed by atoms with van der Waals surface area (Å²) in [7, 11) is 0. The van der Waals surface area contributed by atoms with E-state index in [1.54, 1.807) is 18.2 Å². The normalized spacial score (nSPS) is 16.2. The van der Waals surface area contributed by atoms with Gasteiger partial charge in [-0.2, -0.15) is 0 Å². The van der Waals surface area contributed by atoms with Gasteiger partial charge in [-0.3, -0.25) is 9.59 Å². The van der Waals surface area contributed by atoms with Crippen LogP contribution in [0.2, 0.25) is 10.0 Å². The van der Waals surface area contributed by atoms with Crippen molar-refractivity contribution in [2.75, 3.05) is 18.1 Å². The first kappa shape index (κ1) is 18.3. The van der Waals surface area contributed by atoms with E-state index in [1.807, 2.05) is 30.3 Å². The Hall–Kier alpha value is -2.48. The van der Waals surface area contributed by atoms with Gasteiger partial charge in [0.15, 0.2) is 6.61 Å². The molecule has 132 valence electrons. The largest absolute Gasteiger partial charge is 0.452 e. The van der Waals surface area contributed by atoms with Crippen molar-refractivity contribution < 1.29 is 14.3 Å². The highest BCUT2D eigenvalue weighted by molar-refractivity contribution is 6.36. The van der Waals surface area contributed by atoms with E-state index < -0.39 is 11.9 Å². The van der Waals surface area contributed by atoms with E-state index in [0.717, 1.165) is 5.56 Å². The molecule has 1 amide bonds. The molecule has 0 saturated carbocycles. The first-order valence-corrected chi connectivity index (χ1v) is 8.79. The number of halogens is 2. The van der Waals surface area contributed by atoms with Crippen molar-refractivity contribution in [2.45, 2.75) is 6.42 Å². The number of hydrogen-bond acceptors (Lipinski definition) is 3. The van der Waals surface area contributed by atoms with Crippen molar-refractivity contribution in [3.8, 4) is 11.8 Å². The second-order valence-corrected chi connectivity index (χ2v) is 6.55. The molecule has 6 heteroatoms. The number of hydrogen-bond donors (Lipinski definition) is 0. The van der Waals surface area contributed by atoms with Gasteiger partial charge in [0.2, 0.25) is 5.91 Å². The number of nitrogens with zero attached hydrogens (tertiary/aromatic N) is 1. The van der Waals surface area contributed by atoms with E-state index >= 15 is 0 Å². The number of rotatable bonds is 3. The summed E-state index contributed by atoms with van der Waals surface area (Å²) in [5.74, 6) is 3.92. The topological polar surface area (TPSA) is 46.6 Å². The molecule has 0 aromatic heterocycles. The molecule has 0 spiro atoms. The molecule has 1 atom stereocenters. The summed E-state index contributed by atoms with van der Waals surface area (Å²) in [5.41, 5.74) is 1.34. The molecule has 1 saturated heterocycles. The first-order valence-electron chi connectivity index (χ1n) is 8.03. The molecular weight excluding hydrogens is 373 g/mol. The Balaban J connectivity index is 1.60. The van der Waals surface area contributed by atoms with Crippen LogP contribution in [-0.4, -0.2) is 25.0 Å². The predicted molar refractivity (Wildman–Crippen MR) is 101 cm³/mol. The third-order valence-electron chi connectivity index (χ3n) is 3.98. The SMILES string of the molecule is O=C(OCC#Cc1ccccc1)[C@@H]1CCN(c2cc(Cl)ccc2Cl)C1=O. The standard InChI is InChI=1S/C20H15Cl2NO3/c21-15-8-9-17(22)18(13-15)23-11-10-16(19(23)24)20(25)26-12-4-7-14-5-2-1-3-6-14/h1-3,5-6,8-9,13,16H,10-12H2/t16-/m1/s1. The minimum Gasteiger partial charge on any atom is -0.452 e. The Kier molecular flexibility index (Phi) is 5.82. The molecule has 26 heavy (non-hydrogen) atoms. The van der Waals surface area contributed by atoms with Crippen molar-refractivity contribution in [1.82, 2.24) is 0 Å². The third-order valence-corrected chi connectivity index (χ3v) is 4.54. The van der Waals surface area contributed by atoms with Gasteiger partial charge in [-0.05, 0) is 36.8 Å². The lowest BCUT2D eigenvalue weighted by atomic mass is 10.1. The maximum atomic E-state index is 12.6. The van der Waals surface area contributed by atoms with Crippen molar-refractivity contribution in [3.05, 3.63) is 64.1 Å². The van der Waals surface area contributed by atoms with Gasteiger partial charge in [-0.25, -0.2) is 0 Å². The predicted octanol–water partition coefficient (Wildman–Crippen LogP) is 3.94. The Morgan fingerprint density at radius 2 is 1.96 bits per heavy atom. The smallest absolute Gasteiger partial charge is 0.319 e. The molecule has 1 fully saturated rings. The van der Waals surface area contributed by atoms with Gasteiger partial charge >= 0.3 is 5.97 Å². The lowest BCUT2D eigenvalue weighted by Crippen LogP contribution is -2.31. The Morgan fingerprint density at radius 3 is 2.73 bits per heavy atom.